The van der Waals surface area contributed by atoms with E-state index in [0.717, 1.165) is 65.1 Å². The van der Waals surface area contributed by atoms with Crippen molar-refractivity contribution in [1.82, 2.24) is 9.80 Å². The van der Waals surface area contributed by atoms with Gasteiger partial charge in [-0.25, -0.2) is 0 Å². The third-order valence-electron chi connectivity index (χ3n) is 4.36. The molecule has 2 aliphatic heterocycles. The Bertz CT molecular complexity index is 293. The number of hydrogen-bond acceptors (Lipinski definition) is 4. The molecule has 0 aromatic carbocycles. The van der Waals surface area contributed by atoms with Crippen LogP contribution in [-0.4, -0.2) is 68.2 Å². The molecule has 0 spiro atoms. The predicted octanol–water partition coefficient (Wildman–Crippen LogP) is 0.686. The SMILES string of the molecule is NCCCCCN1CCCN(C(=O)C2CCOC2)CC1. The van der Waals surface area contributed by atoms with Gasteiger partial charge in [-0.3, -0.25) is 4.79 Å². The van der Waals surface area contributed by atoms with Gasteiger partial charge in [0.25, 0.3) is 0 Å². The van der Waals surface area contributed by atoms with E-state index in [1.165, 1.54) is 12.8 Å². The van der Waals surface area contributed by atoms with Gasteiger partial charge >= 0.3 is 0 Å². The molecular formula is C15H29N3O2. The molecule has 1 atom stereocenters. The van der Waals surface area contributed by atoms with E-state index in [2.05, 4.69) is 9.80 Å². The highest BCUT2D eigenvalue weighted by atomic mass is 16.5. The van der Waals surface area contributed by atoms with Gasteiger partial charge in [-0.15, -0.1) is 0 Å². The molecular weight excluding hydrogens is 254 g/mol. The van der Waals surface area contributed by atoms with Gasteiger partial charge in [-0.1, -0.05) is 6.42 Å². The molecule has 0 aliphatic carbocycles. The number of rotatable bonds is 6. The maximum absolute atomic E-state index is 12.4. The number of carbonyl (C=O) groups is 1. The van der Waals surface area contributed by atoms with Gasteiger partial charge in [-0.2, -0.15) is 0 Å². The Morgan fingerprint density at radius 2 is 2.05 bits per heavy atom. The Morgan fingerprint density at radius 1 is 1.15 bits per heavy atom. The average Bonchev–Trinajstić information content (AvgIpc) is 2.89. The van der Waals surface area contributed by atoms with E-state index in [-0.39, 0.29) is 5.92 Å². The van der Waals surface area contributed by atoms with Crippen LogP contribution in [-0.2, 0) is 9.53 Å². The molecule has 5 heteroatoms. The number of hydrogen-bond donors (Lipinski definition) is 1. The molecule has 0 aromatic rings. The first kappa shape index (κ1) is 15.7. The first-order valence-corrected chi connectivity index (χ1v) is 8.10. The summed E-state index contributed by atoms with van der Waals surface area (Å²) >= 11 is 0. The van der Waals surface area contributed by atoms with Crippen molar-refractivity contribution in [3.8, 4) is 0 Å². The molecule has 0 aromatic heterocycles. The molecule has 1 unspecified atom stereocenters. The first-order valence-electron chi connectivity index (χ1n) is 8.10. The summed E-state index contributed by atoms with van der Waals surface area (Å²) < 4.78 is 5.33. The van der Waals surface area contributed by atoms with Crippen LogP contribution < -0.4 is 5.73 Å². The van der Waals surface area contributed by atoms with Crippen molar-refractivity contribution in [2.24, 2.45) is 11.7 Å². The van der Waals surface area contributed by atoms with Crippen molar-refractivity contribution in [1.29, 1.82) is 0 Å². The Kier molecular flexibility index (Phi) is 6.76. The van der Waals surface area contributed by atoms with Gasteiger partial charge in [0.2, 0.25) is 5.91 Å². The summed E-state index contributed by atoms with van der Waals surface area (Å²) in [5, 5.41) is 0. The molecule has 5 nitrogen and oxygen atoms in total. The molecule has 20 heavy (non-hydrogen) atoms. The molecule has 116 valence electrons. The zero-order chi connectivity index (χ0) is 14.2. The fourth-order valence-corrected chi connectivity index (χ4v) is 3.06. The Morgan fingerprint density at radius 3 is 2.80 bits per heavy atom. The van der Waals surface area contributed by atoms with Crippen LogP contribution in [0, 0.1) is 5.92 Å². The van der Waals surface area contributed by atoms with Crippen LogP contribution >= 0.6 is 0 Å². The van der Waals surface area contributed by atoms with Gasteiger partial charge in [0.1, 0.15) is 0 Å². The van der Waals surface area contributed by atoms with Crippen LogP contribution in [0.2, 0.25) is 0 Å². The highest BCUT2D eigenvalue weighted by Crippen LogP contribution is 2.17. The third kappa shape index (κ3) is 4.72. The normalized spacial score (nSPS) is 24.9. The second kappa shape index (κ2) is 8.60. The van der Waals surface area contributed by atoms with Crippen LogP contribution in [0.25, 0.3) is 0 Å². The van der Waals surface area contributed by atoms with Crippen LogP contribution in [0.15, 0.2) is 0 Å². The zero-order valence-electron chi connectivity index (χ0n) is 12.6. The minimum absolute atomic E-state index is 0.117. The zero-order valence-corrected chi connectivity index (χ0v) is 12.6. The highest BCUT2D eigenvalue weighted by molar-refractivity contribution is 5.79. The fourth-order valence-electron chi connectivity index (χ4n) is 3.06. The van der Waals surface area contributed by atoms with E-state index in [1.54, 1.807) is 0 Å². The number of nitrogens with zero attached hydrogens (tertiary/aromatic N) is 2. The number of unbranched alkanes of at least 4 members (excludes halogenated alkanes) is 2. The molecule has 2 aliphatic rings. The maximum atomic E-state index is 12.4. The fraction of sp³-hybridized carbons (Fsp3) is 0.933. The molecule has 0 bridgehead atoms. The van der Waals surface area contributed by atoms with Gasteiger partial charge < -0.3 is 20.3 Å². The summed E-state index contributed by atoms with van der Waals surface area (Å²) in [6.07, 6.45) is 5.56. The summed E-state index contributed by atoms with van der Waals surface area (Å²) in [4.78, 5) is 16.9. The molecule has 2 N–H and O–H groups in total. The van der Waals surface area contributed by atoms with Crippen LogP contribution in [0.1, 0.15) is 32.1 Å². The Labute approximate surface area is 122 Å². The Hall–Kier alpha value is -0.650. The molecule has 0 radical (unpaired) electrons. The van der Waals surface area contributed by atoms with Crippen molar-refractivity contribution >= 4 is 5.91 Å². The van der Waals surface area contributed by atoms with Crippen LogP contribution in [0.5, 0.6) is 0 Å². The minimum atomic E-state index is 0.117. The molecule has 2 saturated heterocycles. The lowest BCUT2D eigenvalue weighted by Gasteiger charge is -2.24. The van der Waals surface area contributed by atoms with E-state index in [9.17, 15) is 4.79 Å². The number of amides is 1. The van der Waals surface area contributed by atoms with Gasteiger partial charge in [0.15, 0.2) is 0 Å². The molecule has 0 saturated carbocycles. The lowest BCUT2D eigenvalue weighted by Crippen LogP contribution is -2.39. The van der Waals surface area contributed by atoms with Gasteiger partial charge in [0, 0.05) is 26.2 Å². The van der Waals surface area contributed by atoms with Crippen molar-refractivity contribution in [2.45, 2.75) is 32.1 Å². The second-order valence-electron chi connectivity index (χ2n) is 5.93. The largest absolute Gasteiger partial charge is 0.381 e. The third-order valence-corrected chi connectivity index (χ3v) is 4.36. The summed E-state index contributed by atoms with van der Waals surface area (Å²) in [7, 11) is 0. The van der Waals surface area contributed by atoms with Crippen molar-refractivity contribution < 1.29 is 9.53 Å². The smallest absolute Gasteiger partial charge is 0.228 e. The standard InChI is InChI=1S/C15H29N3O2/c16-6-2-1-3-7-17-8-4-9-18(11-10-17)15(19)14-5-12-20-13-14/h14H,1-13,16H2. The van der Waals surface area contributed by atoms with Crippen molar-refractivity contribution in [3.63, 3.8) is 0 Å². The summed E-state index contributed by atoms with van der Waals surface area (Å²) in [6.45, 7) is 7.24. The minimum Gasteiger partial charge on any atom is -0.381 e. The number of ether oxygens (including phenoxy) is 1. The van der Waals surface area contributed by atoms with E-state index in [1.807, 2.05) is 0 Å². The lowest BCUT2D eigenvalue weighted by molar-refractivity contribution is -0.135. The van der Waals surface area contributed by atoms with E-state index in [4.69, 9.17) is 10.5 Å². The van der Waals surface area contributed by atoms with Crippen LogP contribution in [0.4, 0.5) is 0 Å². The average molecular weight is 283 g/mol. The van der Waals surface area contributed by atoms with E-state index < -0.39 is 0 Å². The highest BCUT2D eigenvalue weighted by Gasteiger charge is 2.28. The van der Waals surface area contributed by atoms with Crippen molar-refractivity contribution in [2.75, 3.05) is 52.5 Å². The number of nitrogens with two attached hydrogens (primary N) is 1. The molecule has 1 amide bonds. The van der Waals surface area contributed by atoms with Crippen molar-refractivity contribution in [3.05, 3.63) is 0 Å². The maximum Gasteiger partial charge on any atom is 0.228 e. The quantitative estimate of drug-likeness (QED) is 0.729. The Balaban J connectivity index is 1.69. The molecule has 2 heterocycles. The summed E-state index contributed by atoms with van der Waals surface area (Å²) in [5.41, 5.74) is 5.52. The number of carbonyl (C=O) groups excluding carboxylic acids is 1. The topological polar surface area (TPSA) is 58.8 Å². The van der Waals surface area contributed by atoms with Gasteiger partial charge in [0.05, 0.1) is 12.5 Å². The van der Waals surface area contributed by atoms with E-state index in [0.29, 0.717) is 12.5 Å². The first-order chi connectivity index (χ1) is 9.81. The summed E-state index contributed by atoms with van der Waals surface area (Å²) in [5.74, 6) is 0.429. The summed E-state index contributed by atoms with van der Waals surface area (Å²) in [6, 6.07) is 0. The van der Waals surface area contributed by atoms with Gasteiger partial charge in [-0.05, 0) is 45.3 Å². The van der Waals surface area contributed by atoms with E-state index >= 15 is 0 Å². The lowest BCUT2D eigenvalue weighted by atomic mass is 10.1. The molecule has 2 rings (SSSR count). The monoisotopic (exact) mass is 283 g/mol. The van der Waals surface area contributed by atoms with Crippen LogP contribution in [0.3, 0.4) is 0 Å². The second-order valence-corrected chi connectivity index (χ2v) is 5.93. The predicted molar refractivity (Wildman–Crippen MR) is 79.5 cm³/mol. The molecule has 2 fully saturated rings.